The van der Waals surface area contributed by atoms with Crippen LogP contribution < -0.4 is 9.62 Å². The average Bonchev–Trinajstić information content (AvgIpc) is 3.15. The van der Waals surface area contributed by atoms with Crippen LogP contribution in [-0.4, -0.2) is 26.6 Å². The van der Waals surface area contributed by atoms with E-state index in [-0.39, 0.29) is 11.9 Å². The second kappa shape index (κ2) is 8.80. The Hall–Kier alpha value is -2.34. The molecule has 2 aromatic rings. The average molecular weight is 429 g/mol. The van der Waals surface area contributed by atoms with Gasteiger partial charge in [0.1, 0.15) is 6.04 Å². The van der Waals surface area contributed by atoms with E-state index in [4.69, 9.17) is 0 Å². The molecule has 0 spiro atoms. The number of anilines is 1. The number of hydrogen-bond acceptors (Lipinski definition) is 3. The SMILES string of the molecule is CC[C@@H](C(=O)N[C@H](C)c1ccc2c(c1)CCC2)N(c1ccc(C)c(C)c1)S(C)(=O)=O. The number of benzene rings is 2. The molecule has 0 aromatic heterocycles. The second-order valence-corrected chi connectivity index (χ2v) is 10.2. The Morgan fingerprint density at radius 3 is 2.40 bits per heavy atom. The lowest BCUT2D eigenvalue weighted by Crippen LogP contribution is -2.49. The summed E-state index contributed by atoms with van der Waals surface area (Å²) < 4.78 is 26.6. The molecule has 1 N–H and O–H groups in total. The third kappa shape index (κ3) is 4.69. The Kier molecular flexibility index (Phi) is 6.56. The van der Waals surface area contributed by atoms with E-state index in [1.54, 1.807) is 6.07 Å². The number of amides is 1. The van der Waals surface area contributed by atoms with Gasteiger partial charge in [0.15, 0.2) is 0 Å². The van der Waals surface area contributed by atoms with Gasteiger partial charge in [0.05, 0.1) is 18.0 Å². The van der Waals surface area contributed by atoms with Crippen molar-refractivity contribution in [2.24, 2.45) is 0 Å². The van der Waals surface area contributed by atoms with Crippen LogP contribution in [0.25, 0.3) is 0 Å². The lowest BCUT2D eigenvalue weighted by atomic mass is 10.0. The summed E-state index contributed by atoms with van der Waals surface area (Å²) in [6, 6.07) is 10.9. The molecule has 0 fully saturated rings. The van der Waals surface area contributed by atoms with Crippen molar-refractivity contribution in [1.82, 2.24) is 5.32 Å². The lowest BCUT2D eigenvalue weighted by Gasteiger charge is -2.31. The van der Waals surface area contributed by atoms with Crippen LogP contribution in [-0.2, 0) is 27.7 Å². The highest BCUT2D eigenvalue weighted by atomic mass is 32.2. The van der Waals surface area contributed by atoms with Crippen molar-refractivity contribution in [3.8, 4) is 0 Å². The molecule has 30 heavy (non-hydrogen) atoms. The van der Waals surface area contributed by atoms with E-state index in [9.17, 15) is 13.2 Å². The first-order valence-corrected chi connectivity index (χ1v) is 12.5. The zero-order valence-corrected chi connectivity index (χ0v) is 19.3. The maximum atomic E-state index is 13.2. The van der Waals surface area contributed by atoms with Crippen LogP contribution in [0.1, 0.15) is 60.5 Å². The molecule has 0 radical (unpaired) electrons. The van der Waals surface area contributed by atoms with Crippen molar-refractivity contribution < 1.29 is 13.2 Å². The van der Waals surface area contributed by atoms with Gasteiger partial charge in [-0.2, -0.15) is 0 Å². The van der Waals surface area contributed by atoms with E-state index in [0.717, 1.165) is 35.8 Å². The van der Waals surface area contributed by atoms with Gasteiger partial charge in [0, 0.05) is 0 Å². The van der Waals surface area contributed by atoms with Crippen molar-refractivity contribution in [3.05, 3.63) is 64.2 Å². The third-order valence-electron chi connectivity index (χ3n) is 6.06. The van der Waals surface area contributed by atoms with E-state index < -0.39 is 16.1 Å². The lowest BCUT2D eigenvalue weighted by molar-refractivity contribution is -0.122. The first-order valence-electron chi connectivity index (χ1n) is 10.6. The molecule has 162 valence electrons. The smallest absolute Gasteiger partial charge is 0.244 e. The topological polar surface area (TPSA) is 66.5 Å². The van der Waals surface area contributed by atoms with Crippen molar-refractivity contribution in [2.75, 3.05) is 10.6 Å². The van der Waals surface area contributed by atoms with Gasteiger partial charge in [0.25, 0.3) is 0 Å². The highest BCUT2D eigenvalue weighted by molar-refractivity contribution is 7.92. The molecule has 0 bridgehead atoms. The van der Waals surface area contributed by atoms with Crippen molar-refractivity contribution >= 4 is 21.6 Å². The number of carbonyl (C=O) groups excluding carboxylic acids is 1. The molecular weight excluding hydrogens is 396 g/mol. The van der Waals surface area contributed by atoms with E-state index in [2.05, 4.69) is 23.5 Å². The van der Waals surface area contributed by atoms with Gasteiger partial charge < -0.3 is 5.32 Å². The number of nitrogens with one attached hydrogen (secondary N) is 1. The number of hydrogen-bond donors (Lipinski definition) is 1. The number of aryl methyl sites for hydroxylation is 4. The molecule has 0 saturated carbocycles. The molecule has 1 aliphatic rings. The van der Waals surface area contributed by atoms with Gasteiger partial charge in [0.2, 0.25) is 15.9 Å². The number of fused-ring (bicyclic) bond motifs is 1. The Morgan fingerprint density at radius 1 is 1.07 bits per heavy atom. The second-order valence-electron chi connectivity index (χ2n) is 8.36. The Bertz CT molecular complexity index is 1050. The van der Waals surface area contributed by atoms with Gasteiger partial charge in [-0.1, -0.05) is 31.2 Å². The van der Waals surface area contributed by atoms with E-state index in [1.165, 1.54) is 21.9 Å². The zero-order valence-electron chi connectivity index (χ0n) is 18.5. The fourth-order valence-electron chi connectivity index (χ4n) is 4.18. The molecule has 0 aliphatic heterocycles. The fourth-order valence-corrected chi connectivity index (χ4v) is 5.38. The first kappa shape index (κ1) is 22.3. The summed E-state index contributed by atoms with van der Waals surface area (Å²) in [6.07, 6.45) is 4.91. The number of nitrogens with zero attached hydrogens (tertiary/aromatic N) is 1. The normalized spacial score (nSPS) is 15.4. The highest BCUT2D eigenvalue weighted by Crippen LogP contribution is 2.27. The zero-order chi connectivity index (χ0) is 22.1. The van der Waals surface area contributed by atoms with E-state index >= 15 is 0 Å². The van der Waals surface area contributed by atoms with Crippen LogP contribution in [0.5, 0.6) is 0 Å². The summed E-state index contributed by atoms with van der Waals surface area (Å²) in [4.78, 5) is 13.2. The number of sulfonamides is 1. The van der Waals surface area contributed by atoms with Gasteiger partial charge in [-0.25, -0.2) is 8.42 Å². The molecule has 2 aromatic carbocycles. The Balaban J connectivity index is 1.86. The predicted octanol–water partition coefficient (Wildman–Crippen LogP) is 4.21. The minimum Gasteiger partial charge on any atom is -0.348 e. The predicted molar refractivity (Wildman–Crippen MR) is 122 cm³/mol. The Morgan fingerprint density at radius 2 is 1.77 bits per heavy atom. The quantitative estimate of drug-likeness (QED) is 0.718. The van der Waals surface area contributed by atoms with Gasteiger partial charge in [-0.15, -0.1) is 0 Å². The molecule has 0 heterocycles. The summed E-state index contributed by atoms with van der Waals surface area (Å²) in [7, 11) is -3.64. The number of carbonyl (C=O) groups is 1. The highest BCUT2D eigenvalue weighted by Gasteiger charge is 2.32. The molecule has 2 atom stereocenters. The fraction of sp³-hybridized carbons (Fsp3) is 0.458. The molecule has 3 rings (SSSR count). The summed E-state index contributed by atoms with van der Waals surface area (Å²) >= 11 is 0. The minimum absolute atomic E-state index is 0.196. The van der Waals surface area contributed by atoms with Crippen molar-refractivity contribution in [2.45, 2.75) is 65.5 Å². The van der Waals surface area contributed by atoms with Gasteiger partial charge >= 0.3 is 0 Å². The van der Waals surface area contributed by atoms with Gasteiger partial charge in [-0.3, -0.25) is 9.10 Å². The standard InChI is InChI=1S/C24H32N2O3S/c1-6-23(26(30(5,28)29)22-13-10-16(2)17(3)14-22)24(27)25-18(4)20-12-11-19-8-7-9-21(19)15-20/h10-15,18,23H,6-9H2,1-5H3,(H,25,27)/t18-,23+/m1/s1. The van der Waals surface area contributed by atoms with Crippen LogP contribution in [0, 0.1) is 13.8 Å². The maximum Gasteiger partial charge on any atom is 0.244 e. The summed E-state index contributed by atoms with van der Waals surface area (Å²) in [5.41, 5.74) is 6.39. The van der Waals surface area contributed by atoms with Crippen LogP contribution in [0.4, 0.5) is 5.69 Å². The maximum absolute atomic E-state index is 13.2. The molecule has 1 aliphatic carbocycles. The molecule has 0 unspecified atom stereocenters. The van der Waals surface area contributed by atoms with Crippen LogP contribution in [0.3, 0.4) is 0 Å². The summed E-state index contributed by atoms with van der Waals surface area (Å²) in [5, 5.41) is 3.04. The summed E-state index contributed by atoms with van der Waals surface area (Å²) in [6.45, 7) is 7.70. The van der Waals surface area contributed by atoms with Crippen LogP contribution >= 0.6 is 0 Å². The molecule has 5 nitrogen and oxygen atoms in total. The molecule has 0 saturated heterocycles. The first-order chi connectivity index (χ1) is 14.1. The van der Waals surface area contributed by atoms with Crippen molar-refractivity contribution in [1.29, 1.82) is 0 Å². The third-order valence-corrected chi connectivity index (χ3v) is 7.24. The largest absolute Gasteiger partial charge is 0.348 e. The van der Waals surface area contributed by atoms with E-state index in [1.807, 2.05) is 39.8 Å². The summed E-state index contributed by atoms with van der Waals surface area (Å²) in [5.74, 6) is -0.283. The monoisotopic (exact) mass is 428 g/mol. The van der Waals surface area contributed by atoms with Crippen molar-refractivity contribution in [3.63, 3.8) is 0 Å². The minimum atomic E-state index is -3.64. The van der Waals surface area contributed by atoms with E-state index in [0.29, 0.717) is 12.1 Å². The molecule has 1 amide bonds. The molecular formula is C24H32N2O3S. The van der Waals surface area contributed by atoms with Crippen LogP contribution in [0.15, 0.2) is 36.4 Å². The Labute approximate surface area is 180 Å². The molecule has 6 heteroatoms. The van der Waals surface area contributed by atoms with Gasteiger partial charge in [-0.05, 0) is 86.4 Å². The van der Waals surface area contributed by atoms with Crippen LogP contribution in [0.2, 0.25) is 0 Å². The number of rotatable bonds is 7.